The van der Waals surface area contributed by atoms with Crippen molar-refractivity contribution < 1.29 is 29.8 Å². The number of rotatable bonds is 5. The molecule has 0 aliphatic heterocycles. The van der Waals surface area contributed by atoms with E-state index in [0.29, 0.717) is 17.0 Å². The second-order valence-corrected chi connectivity index (χ2v) is 8.92. The molecule has 0 radical (unpaired) electrons. The molecule has 0 saturated heterocycles. The molecule has 1 saturated carbocycles. The van der Waals surface area contributed by atoms with E-state index in [1.54, 1.807) is 12.3 Å². The molecular formula is C26H27F2N2Pt-. The van der Waals surface area contributed by atoms with Crippen molar-refractivity contribution in [3.8, 4) is 16.8 Å². The first-order valence-electron chi connectivity index (χ1n) is 11.1. The average molecular weight is 601 g/mol. The number of nitrogens with zero attached hydrogens (tertiary/aromatic N) is 2. The number of hydrogen-bond acceptors (Lipinski definition) is 1. The minimum atomic E-state index is -2.99. The summed E-state index contributed by atoms with van der Waals surface area (Å²) in [4.78, 5) is 0. The summed E-state index contributed by atoms with van der Waals surface area (Å²) < 4.78 is 32.4. The second-order valence-electron chi connectivity index (χ2n) is 8.92. The quantitative estimate of drug-likeness (QED) is 0.288. The van der Waals surface area contributed by atoms with Gasteiger partial charge in [0.25, 0.3) is 5.92 Å². The zero-order chi connectivity index (χ0) is 20.9. The predicted octanol–water partition coefficient (Wildman–Crippen LogP) is 7.04. The largest absolute Gasteiger partial charge is 0.262 e. The topological polar surface area (TPSA) is 17.8 Å². The standard InChI is InChI=1S/C26H27F2N2.Pt/c1-3-17(2)19-8-10-22-23-16-20(9-11-24(23)26(27,28)25(22)15-19)30-21(12-13-29-30)14-18-6-4-5-7-18;/h8,10-13,15-18H,3-7,14H2,1-2H3;/q-1;. The minimum Gasteiger partial charge on any atom is -0.262 e. The van der Waals surface area contributed by atoms with Crippen LogP contribution in [0, 0.1) is 12.0 Å². The van der Waals surface area contributed by atoms with Gasteiger partial charge in [0.05, 0.1) is 0 Å². The summed E-state index contributed by atoms with van der Waals surface area (Å²) in [6.07, 6.45) is 8.83. The predicted molar refractivity (Wildman–Crippen MR) is 115 cm³/mol. The zero-order valence-corrected chi connectivity index (χ0v) is 20.2. The van der Waals surface area contributed by atoms with E-state index < -0.39 is 5.92 Å². The Morgan fingerprint density at radius 2 is 1.90 bits per heavy atom. The summed E-state index contributed by atoms with van der Waals surface area (Å²) in [7, 11) is 0. The number of aromatic nitrogens is 2. The first-order chi connectivity index (χ1) is 14.5. The van der Waals surface area contributed by atoms with E-state index >= 15 is 8.78 Å². The Bertz CT molecular complexity index is 1080. The van der Waals surface area contributed by atoms with E-state index in [-0.39, 0.29) is 38.1 Å². The van der Waals surface area contributed by atoms with Crippen LogP contribution in [0.1, 0.15) is 74.3 Å². The molecule has 5 heteroatoms. The first-order valence-corrected chi connectivity index (χ1v) is 11.1. The summed E-state index contributed by atoms with van der Waals surface area (Å²) in [5.74, 6) is -2.03. The van der Waals surface area contributed by atoms with Gasteiger partial charge in [-0.15, -0.1) is 11.6 Å². The van der Waals surface area contributed by atoms with Gasteiger partial charge in [-0.1, -0.05) is 57.2 Å². The Morgan fingerprint density at radius 3 is 2.65 bits per heavy atom. The maximum absolute atomic E-state index is 15.3. The molecular weight excluding hydrogens is 573 g/mol. The normalized spacial score (nSPS) is 17.8. The summed E-state index contributed by atoms with van der Waals surface area (Å²) in [6.45, 7) is 4.16. The van der Waals surface area contributed by atoms with Gasteiger partial charge < -0.3 is 0 Å². The minimum absolute atomic E-state index is 0. The van der Waals surface area contributed by atoms with Gasteiger partial charge in [-0.3, -0.25) is 4.68 Å². The molecule has 1 unspecified atom stereocenters. The third-order valence-electron chi connectivity index (χ3n) is 7.05. The van der Waals surface area contributed by atoms with Crippen LogP contribution in [0.3, 0.4) is 0 Å². The molecule has 3 aromatic rings. The van der Waals surface area contributed by atoms with Crippen molar-refractivity contribution >= 4 is 0 Å². The van der Waals surface area contributed by atoms with Gasteiger partial charge in [0.1, 0.15) is 0 Å². The van der Waals surface area contributed by atoms with Crippen molar-refractivity contribution in [3.05, 3.63) is 71.0 Å². The Hall–Kier alpha value is -1.80. The Morgan fingerprint density at radius 1 is 1.13 bits per heavy atom. The zero-order valence-electron chi connectivity index (χ0n) is 17.9. The van der Waals surface area contributed by atoms with Crippen molar-refractivity contribution in [1.29, 1.82) is 0 Å². The van der Waals surface area contributed by atoms with Crippen LogP contribution in [-0.2, 0) is 33.4 Å². The van der Waals surface area contributed by atoms with E-state index in [0.717, 1.165) is 29.8 Å². The van der Waals surface area contributed by atoms with Gasteiger partial charge in [-0.05, 0) is 53.6 Å². The van der Waals surface area contributed by atoms with Crippen LogP contribution in [0.2, 0.25) is 0 Å². The summed E-state index contributed by atoms with van der Waals surface area (Å²) in [5.41, 5.74) is 4.23. The van der Waals surface area contributed by atoms with Crippen molar-refractivity contribution in [3.63, 3.8) is 0 Å². The first kappa shape index (κ1) is 22.4. The van der Waals surface area contributed by atoms with Gasteiger partial charge in [-0.25, -0.2) is 8.78 Å². The van der Waals surface area contributed by atoms with Gasteiger partial charge in [-0.2, -0.15) is 17.2 Å². The number of hydrogen-bond donors (Lipinski definition) is 0. The number of benzene rings is 2. The van der Waals surface area contributed by atoms with Crippen LogP contribution in [0.15, 0.2) is 42.6 Å². The summed E-state index contributed by atoms with van der Waals surface area (Å²) >= 11 is 0. The van der Waals surface area contributed by atoms with E-state index in [2.05, 4.69) is 25.0 Å². The molecule has 1 atom stereocenters. The van der Waals surface area contributed by atoms with Crippen LogP contribution in [-0.4, -0.2) is 9.78 Å². The van der Waals surface area contributed by atoms with Crippen LogP contribution < -0.4 is 0 Å². The van der Waals surface area contributed by atoms with E-state index in [1.807, 2.05) is 28.9 Å². The fourth-order valence-electron chi connectivity index (χ4n) is 5.04. The Balaban J connectivity index is 0.00000231. The third-order valence-corrected chi connectivity index (χ3v) is 7.05. The molecule has 2 aliphatic rings. The van der Waals surface area contributed by atoms with Gasteiger partial charge in [0.2, 0.25) is 0 Å². The SMILES string of the molecule is CCC(C)c1ccc2c(c1)C(F)(F)c1c[c-]c(-n3nccc3CC3CCCC3)cc1-2.[Pt]. The van der Waals surface area contributed by atoms with Crippen molar-refractivity contribution in [1.82, 2.24) is 9.78 Å². The molecule has 0 spiro atoms. The maximum atomic E-state index is 15.3. The van der Waals surface area contributed by atoms with Crippen molar-refractivity contribution in [2.45, 2.75) is 64.2 Å². The van der Waals surface area contributed by atoms with Crippen molar-refractivity contribution in [2.24, 2.45) is 5.92 Å². The molecule has 5 rings (SSSR count). The molecule has 1 aromatic heterocycles. The molecule has 31 heavy (non-hydrogen) atoms. The third kappa shape index (κ3) is 3.82. The van der Waals surface area contributed by atoms with Crippen LogP contribution in [0.4, 0.5) is 8.78 Å². The van der Waals surface area contributed by atoms with Crippen LogP contribution in [0.5, 0.6) is 0 Å². The molecule has 2 nitrogen and oxygen atoms in total. The molecule has 0 N–H and O–H groups in total. The van der Waals surface area contributed by atoms with E-state index in [1.165, 1.54) is 31.7 Å². The second kappa shape index (κ2) is 8.62. The molecule has 1 heterocycles. The molecule has 0 amide bonds. The Labute approximate surface area is 197 Å². The molecule has 166 valence electrons. The van der Waals surface area contributed by atoms with Crippen LogP contribution in [0.25, 0.3) is 16.8 Å². The molecule has 1 fully saturated rings. The maximum Gasteiger partial charge on any atom is 0.257 e. The van der Waals surface area contributed by atoms with Gasteiger partial charge in [0, 0.05) is 38.5 Å². The van der Waals surface area contributed by atoms with E-state index in [9.17, 15) is 0 Å². The number of fused-ring (bicyclic) bond motifs is 3. The molecule has 2 aliphatic carbocycles. The average Bonchev–Trinajstić information content (AvgIpc) is 3.48. The molecule has 0 bridgehead atoms. The smallest absolute Gasteiger partial charge is 0.257 e. The van der Waals surface area contributed by atoms with Gasteiger partial charge >= 0.3 is 0 Å². The van der Waals surface area contributed by atoms with Gasteiger partial charge in [0.15, 0.2) is 0 Å². The fourth-order valence-corrected chi connectivity index (χ4v) is 5.04. The summed E-state index contributed by atoms with van der Waals surface area (Å²) in [5, 5.41) is 4.49. The number of halogens is 2. The molecule has 2 aromatic carbocycles. The number of alkyl halides is 2. The monoisotopic (exact) mass is 600 g/mol. The fraction of sp³-hybridized carbons (Fsp3) is 0.423. The summed E-state index contributed by atoms with van der Waals surface area (Å²) in [6, 6.07) is 14.0. The van der Waals surface area contributed by atoms with Crippen LogP contribution >= 0.6 is 0 Å². The van der Waals surface area contributed by atoms with Crippen molar-refractivity contribution in [2.75, 3.05) is 0 Å². The Kier molecular flexibility index (Phi) is 6.23. The van der Waals surface area contributed by atoms with E-state index in [4.69, 9.17) is 0 Å².